The van der Waals surface area contributed by atoms with Gasteiger partial charge in [0, 0.05) is 30.6 Å². The van der Waals surface area contributed by atoms with Crippen molar-refractivity contribution in [2.75, 3.05) is 32.9 Å². The maximum Gasteiger partial charge on any atom is 0.439 e. The van der Waals surface area contributed by atoms with Crippen LogP contribution in [0.25, 0.3) is 22.5 Å². The number of hydrogen-bond donors (Lipinski definition) is 1. The summed E-state index contributed by atoms with van der Waals surface area (Å²) in [6, 6.07) is 15.9. The summed E-state index contributed by atoms with van der Waals surface area (Å²) in [6.07, 6.45) is 3.41. The van der Waals surface area contributed by atoms with Gasteiger partial charge in [-0.05, 0) is 36.5 Å². The van der Waals surface area contributed by atoms with E-state index in [1.165, 1.54) is 0 Å². The summed E-state index contributed by atoms with van der Waals surface area (Å²) in [5.41, 5.74) is 5.59. The van der Waals surface area contributed by atoms with Gasteiger partial charge >= 0.3 is 5.76 Å². The molecule has 1 aliphatic heterocycles. The van der Waals surface area contributed by atoms with Gasteiger partial charge in [-0.3, -0.25) is 14.3 Å². The molecule has 10 nitrogen and oxygen atoms in total. The van der Waals surface area contributed by atoms with E-state index in [1.807, 2.05) is 43.3 Å². The van der Waals surface area contributed by atoms with Crippen molar-refractivity contribution in [2.24, 2.45) is 0 Å². The highest BCUT2D eigenvalue weighted by atomic mass is 16.5. The molecule has 1 saturated heterocycles. The lowest BCUT2D eigenvalue weighted by molar-refractivity contribution is -0.137. The number of unbranched alkanes of at least 4 members (excludes halogenated alkanes) is 1. The predicted octanol–water partition coefficient (Wildman–Crippen LogP) is 3.97. The van der Waals surface area contributed by atoms with E-state index in [0.717, 1.165) is 52.8 Å². The van der Waals surface area contributed by atoms with Gasteiger partial charge in [0.05, 0.1) is 18.9 Å². The van der Waals surface area contributed by atoms with Gasteiger partial charge in [0.1, 0.15) is 5.82 Å². The number of H-pyrrole nitrogens is 1. The maximum absolute atomic E-state index is 12.8. The van der Waals surface area contributed by atoms with E-state index in [2.05, 4.69) is 34.2 Å². The lowest BCUT2D eigenvalue weighted by Gasteiger charge is -2.26. The van der Waals surface area contributed by atoms with Crippen LogP contribution in [0.4, 0.5) is 0 Å². The Bertz CT molecular complexity index is 1510. The average molecular weight is 544 g/mol. The van der Waals surface area contributed by atoms with Crippen LogP contribution in [-0.2, 0) is 22.4 Å². The molecule has 1 N–H and O–H groups in total. The molecule has 0 unspecified atom stereocenters. The molecule has 5 rings (SSSR count). The molecule has 2 aromatic heterocycles. The SMILES string of the molecule is CCCCc1nc(C)nc(OCC(=O)N2CCOCC2)c1Cc1ccc(-c2ccccc2-c2noc(=O)[nH]2)cc1. The van der Waals surface area contributed by atoms with E-state index < -0.39 is 5.76 Å². The zero-order chi connectivity index (χ0) is 27.9. The summed E-state index contributed by atoms with van der Waals surface area (Å²) < 4.78 is 16.1. The Labute approximate surface area is 232 Å². The van der Waals surface area contributed by atoms with E-state index in [4.69, 9.17) is 19.0 Å². The van der Waals surface area contributed by atoms with Crippen LogP contribution in [0.2, 0.25) is 0 Å². The third-order valence-electron chi connectivity index (χ3n) is 6.90. The molecule has 1 fully saturated rings. The third-order valence-corrected chi connectivity index (χ3v) is 6.90. The number of carbonyl (C=O) groups excluding carboxylic acids is 1. The molecular formula is C30H33N5O5. The van der Waals surface area contributed by atoms with Crippen LogP contribution in [0.3, 0.4) is 0 Å². The minimum atomic E-state index is -0.594. The Kier molecular flexibility index (Phi) is 8.65. The van der Waals surface area contributed by atoms with Crippen LogP contribution >= 0.6 is 0 Å². The molecule has 0 saturated carbocycles. The van der Waals surface area contributed by atoms with Gasteiger partial charge in [0.2, 0.25) is 5.88 Å². The van der Waals surface area contributed by atoms with E-state index in [0.29, 0.717) is 50.3 Å². The second-order valence-electron chi connectivity index (χ2n) is 9.75. The van der Waals surface area contributed by atoms with Gasteiger partial charge in [-0.15, -0.1) is 0 Å². The number of nitrogens with one attached hydrogen (secondary N) is 1. The molecule has 208 valence electrons. The van der Waals surface area contributed by atoms with E-state index in [1.54, 1.807) is 4.90 Å². The summed E-state index contributed by atoms with van der Waals surface area (Å²) in [5, 5.41) is 3.85. The van der Waals surface area contributed by atoms with Crippen LogP contribution in [0.1, 0.15) is 42.4 Å². The van der Waals surface area contributed by atoms with E-state index >= 15 is 0 Å². The van der Waals surface area contributed by atoms with Crippen LogP contribution in [-0.4, -0.2) is 63.8 Å². The van der Waals surface area contributed by atoms with E-state index in [9.17, 15) is 9.59 Å². The van der Waals surface area contributed by atoms with Crippen LogP contribution < -0.4 is 10.5 Å². The molecule has 0 radical (unpaired) electrons. The zero-order valence-corrected chi connectivity index (χ0v) is 22.8. The predicted molar refractivity (Wildman–Crippen MR) is 149 cm³/mol. The number of aromatic nitrogens is 4. The molecule has 40 heavy (non-hydrogen) atoms. The molecule has 1 aliphatic rings. The first-order valence-electron chi connectivity index (χ1n) is 13.6. The van der Waals surface area contributed by atoms with Gasteiger partial charge in [0.15, 0.2) is 12.4 Å². The second kappa shape index (κ2) is 12.7. The maximum atomic E-state index is 12.8. The minimum Gasteiger partial charge on any atom is -0.467 e. The number of rotatable bonds is 10. The summed E-state index contributed by atoms with van der Waals surface area (Å²) in [7, 11) is 0. The lowest BCUT2D eigenvalue weighted by Crippen LogP contribution is -2.43. The average Bonchev–Trinajstić information content (AvgIpc) is 3.42. The van der Waals surface area contributed by atoms with Gasteiger partial charge in [-0.25, -0.2) is 9.78 Å². The monoisotopic (exact) mass is 543 g/mol. The molecule has 10 heteroatoms. The van der Waals surface area contributed by atoms with Gasteiger partial charge in [-0.2, -0.15) is 4.98 Å². The number of aromatic amines is 1. The molecule has 4 aromatic rings. The standard InChI is InChI=1S/C30H33N5O5/c1-3-4-9-26-25(29(32-20(2)31-26)39-19-27(36)35-14-16-38-17-15-35)18-21-10-12-22(13-11-21)23-7-5-6-8-24(23)28-33-30(37)40-34-28/h5-8,10-13H,3-4,9,14-19H2,1-2H3,(H,33,34,37). The number of morpholine rings is 1. The number of benzene rings is 2. The molecule has 0 spiro atoms. The number of carbonyl (C=O) groups is 1. The highest BCUT2D eigenvalue weighted by Crippen LogP contribution is 2.31. The van der Waals surface area contributed by atoms with Crippen molar-refractivity contribution in [3.63, 3.8) is 0 Å². The zero-order valence-electron chi connectivity index (χ0n) is 22.8. The van der Waals surface area contributed by atoms with Crippen LogP contribution in [0.5, 0.6) is 5.88 Å². The normalized spacial score (nSPS) is 13.4. The highest BCUT2D eigenvalue weighted by Gasteiger charge is 2.20. The van der Waals surface area contributed by atoms with Crippen LogP contribution in [0, 0.1) is 6.92 Å². The highest BCUT2D eigenvalue weighted by molar-refractivity contribution is 5.80. The summed E-state index contributed by atoms with van der Waals surface area (Å²) in [6.45, 7) is 6.16. The smallest absolute Gasteiger partial charge is 0.439 e. The Balaban J connectivity index is 1.40. The Hall–Kier alpha value is -4.31. The quantitative estimate of drug-likeness (QED) is 0.319. The van der Waals surface area contributed by atoms with Gasteiger partial charge in [-0.1, -0.05) is 67.0 Å². The van der Waals surface area contributed by atoms with Crippen molar-refractivity contribution in [3.8, 4) is 28.4 Å². The number of ether oxygens (including phenoxy) is 2. The molecule has 3 heterocycles. The third kappa shape index (κ3) is 6.45. The molecule has 2 aromatic carbocycles. The molecule has 0 atom stereocenters. The largest absolute Gasteiger partial charge is 0.467 e. The fourth-order valence-corrected chi connectivity index (χ4v) is 4.80. The Morgan fingerprint density at radius 3 is 2.50 bits per heavy atom. The minimum absolute atomic E-state index is 0.0721. The number of amides is 1. The van der Waals surface area contributed by atoms with Crippen molar-refractivity contribution in [1.29, 1.82) is 0 Å². The summed E-state index contributed by atoms with van der Waals surface area (Å²) in [5.74, 6) is 0.808. The number of hydrogen-bond acceptors (Lipinski definition) is 8. The first-order chi connectivity index (χ1) is 19.5. The lowest BCUT2D eigenvalue weighted by atomic mass is 9.96. The summed E-state index contributed by atoms with van der Waals surface area (Å²) >= 11 is 0. The Morgan fingerprint density at radius 1 is 1.05 bits per heavy atom. The molecule has 1 amide bonds. The van der Waals surface area contributed by atoms with Crippen molar-refractivity contribution in [2.45, 2.75) is 39.5 Å². The Morgan fingerprint density at radius 2 is 1.80 bits per heavy atom. The van der Waals surface area contributed by atoms with Gasteiger partial charge in [0.25, 0.3) is 5.91 Å². The summed E-state index contributed by atoms with van der Waals surface area (Å²) in [4.78, 5) is 38.0. The molecular weight excluding hydrogens is 510 g/mol. The first-order valence-corrected chi connectivity index (χ1v) is 13.6. The van der Waals surface area contributed by atoms with Crippen molar-refractivity contribution in [1.82, 2.24) is 25.0 Å². The fraction of sp³-hybridized carbons (Fsp3) is 0.367. The van der Waals surface area contributed by atoms with Crippen molar-refractivity contribution < 1.29 is 18.8 Å². The van der Waals surface area contributed by atoms with Crippen molar-refractivity contribution >= 4 is 5.91 Å². The van der Waals surface area contributed by atoms with E-state index in [-0.39, 0.29) is 12.5 Å². The van der Waals surface area contributed by atoms with Crippen LogP contribution in [0.15, 0.2) is 57.8 Å². The molecule has 0 bridgehead atoms. The van der Waals surface area contributed by atoms with Gasteiger partial charge < -0.3 is 14.4 Å². The fourth-order valence-electron chi connectivity index (χ4n) is 4.80. The number of aryl methyl sites for hydroxylation is 2. The topological polar surface area (TPSA) is 123 Å². The number of nitrogens with zero attached hydrogens (tertiary/aromatic N) is 4. The van der Waals surface area contributed by atoms with Crippen molar-refractivity contribution in [3.05, 3.63) is 81.7 Å². The molecule has 0 aliphatic carbocycles. The second-order valence-corrected chi connectivity index (χ2v) is 9.75. The first kappa shape index (κ1) is 27.3.